The van der Waals surface area contributed by atoms with Gasteiger partial charge < -0.3 is 14.6 Å². The van der Waals surface area contributed by atoms with Crippen molar-refractivity contribution in [1.29, 1.82) is 0 Å². The Labute approximate surface area is 101 Å². The SMILES string of the molecule is COCC(C)CC(C)C.COCC(C)CO. The van der Waals surface area contributed by atoms with E-state index < -0.39 is 0 Å². The van der Waals surface area contributed by atoms with E-state index in [1.54, 1.807) is 14.2 Å². The quantitative estimate of drug-likeness (QED) is 0.736. The van der Waals surface area contributed by atoms with Gasteiger partial charge in [0, 0.05) is 33.4 Å². The maximum Gasteiger partial charge on any atom is 0.0509 e. The molecule has 0 aromatic carbocycles. The molecule has 2 atom stereocenters. The van der Waals surface area contributed by atoms with Crippen LogP contribution >= 0.6 is 0 Å². The highest BCUT2D eigenvalue weighted by Crippen LogP contribution is 2.10. The molecule has 0 bridgehead atoms. The van der Waals surface area contributed by atoms with Crippen LogP contribution in [-0.2, 0) is 9.47 Å². The molecule has 0 aromatic heterocycles. The molecule has 100 valence electrons. The number of rotatable bonds is 7. The molecule has 3 heteroatoms. The number of hydrogen-bond acceptors (Lipinski definition) is 3. The van der Waals surface area contributed by atoms with Gasteiger partial charge in [-0.3, -0.25) is 0 Å². The fourth-order valence-corrected chi connectivity index (χ4v) is 1.49. The Morgan fingerprint density at radius 1 is 0.875 bits per heavy atom. The lowest BCUT2D eigenvalue weighted by molar-refractivity contribution is 0.119. The van der Waals surface area contributed by atoms with Crippen LogP contribution in [-0.4, -0.2) is 39.1 Å². The van der Waals surface area contributed by atoms with Gasteiger partial charge in [-0.15, -0.1) is 0 Å². The van der Waals surface area contributed by atoms with E-state index in [0.717, 1.165) is 18.4 Å². The first kappa shape index (κ1) is 18.3. The van der Waals surface area contributed by atoms with Gasteiger partial charge in [0.15, 0.2) is 0 Å². The molecule has 0 spiro atoms. The van der Waals surface area contributed by atoms with Crippen molar-refractivity contribution in [2.24, 2.45) is 17.8 Å². The van der Waals surface area contributed by atoms with E-state index in [1.807, 2.05) is 6.92 Å². The minimum absolute atomic E-state index is 0.216. The maximum absolute atomic E-state index is 8.39. The van der Waals surface area contributed by atoms with Crippen molar-refractivity contribution in [2.45, 2.75) is 34.1 Å². The van der Waals surface area contributed by atoms with Crippen molar-refractivity contribution < 1.29 is 14.6 Å². The van der Waals surface area contributed by atoms with Gasteiger partial charge in [0.2, 0.25) is 0 Å². The Morgan fingerprint density at radius 3 is 1.56 bits per heavy atom. The van der Waals surface area contributed by atoms with E-state index in [0.29, 0.717) is 6.61 Å². The van der Waals surface area contributed by atoms with Crippen molar-refractivity contribution in [1.82, 2.24) is 0 Å². The number of methoxy groups -OCH3 is 2. The predicted octanol–water partition coefficient (Wildman–Crippen LogP) is 2.58. The normalized spacial score (nSPS) is 14.2. The smallest absolute Gasteiger partial charge is 0.0509 e. The average Bonchev–Trinajstić information content (AvgIpc) is 2.18. The van der Waals surface area contributed by atoms with Crippen molar-refractivity contribution in [3.8, 4) is 0 Å². The zero-order valence-corrected chi connectivity index (χ0v) is 11.8. The zero-order valence-electron chi connectivity index (χ0n) is 11.8. The summed E-state index contributed by atoms with van der Waals surface area (Å²) in [5, 5.41) is 8.39. The third-order valence-electron chi connectivity index (χ3n) is 2.09. The third-order valence-corrected chi connectivity index (χ3v) is 2.09. The summed E-state index contributed by atoms with van der Waals surface area (Å²) in [5.74, 6) is 1.80. The highest BCUT2D eigenvalue weighted by molar-refractivity contribution is 4.53. The van der Waals surface area contributed by atoms with E-state index >= 15 is 0 Å². The van der Waals surface area contributed by atoms with Crippen LogP contribution in [0.1, 0.15) is 34.1 Å². The first-order chi connectivity index (χ1) is 7.47. The zero-order chi connectivity index (χ0) is 13.0. The molecule has 1 N–H and O–H groups in total. The van der Waals surface area contributed by atoms with Crippen molar-refractivity contribution >= 4 is 0 Å². The molecule has 0 aliphatic carbocycles. The monoisotopic (exact) mass is 234 g/mol. The molecule has 3 nitrogen and oxygen atoms in total. The molecule has 0 fully saturated rings. The summed E-state index contributed by atoms with van der Waals surface area (Å²) in [4.78, 5) is 0. The summed E-state index contributed by atoms with van der Waals surface area (Å²) in [7, 11) is 3.39. The van der Waals surface area contributed by atoms with Crippen LogP contribution in [0.15, 0.2) is 0 Å². The standard InChI is InChI=1S/C8H18O.C5H12O2/c1-7(2)5-8(3)6-9-4;1-5(3-6)4-7-2/h7-8H,5-6H2,1-4H3;5-6H,3-4H2,1-2H3. The third kappa shape index (κ3) is 16.3. The van der Waals surface area contributed by atoms with Crippen LogP contribution in [0.4, 0.5) is 0 Å². The molecule has 0 heterocycles. The Balaban J connectivity index is 0. The summed E-state index contributed by atoms with van der Waals surface area (Å²) in [6.45, 7) is 10.4. The second kappa shape index (κ2) is 12.9. The molecule has 0 saturated carbocycles. The molecule has 16 heavy (non-hydrogen) atoms. The lowest BCUT2D eigenvalue weighted by Crippen LogP contribution is -2.07. The summed E-state index contributed by atoms with van der Waals surface area (Å²) < 4.78 is 9.74. The van der Waals surface area contributed by atoms with Crippen LogP contribution in [0.5, 0.6) is 0 Å². The van der Waals surface area contributed by atoms with Gasteiger partial charge in [0.05, 0.1) is 6.61 Å². The summed E-state index contributed by atoms with van der Waals surface area (Å²) in [6.07, 6.45) is 1.27. The van der Waals surface area contributed by atoms with Gasteiger partial charge in [-0.05, 0) is 18.3 Å². The predicted molar refractivity (Wildman–Crippen MR) is 68.6 cm³/mol. The molecule has 0 aromatic rings. The van der Waals surface area contributed by atoms with Gasteiger partial charge in [-0.2, -0.15) is 0 Å². The van der Waals surface area contributed by atoms with Crippen molar-refractivity contribution in [3.05, 3.63) is 0 Å². The molecular formula is C13H30O3. The van der Waals surface area contributed by atoms with E-state index in [2.05, 4.69) is 20.8 Å². The molecule has 0 aliphatic rings. The first-order valence-electron chi connectivity index (χ1n) is 6.06. The number of aliphatic hydroxyl groups is 1. The highest BCUT2D eigenvalue weighted by atomic mass is 16.5. The van der Waals surface area contributed by atoms with Crippen molar-refractivity contribution in [2.75, 3.05) is 34.0 Å². The molecule has 0 radical (unpaired) electrons. The highest BCUT2D eigenvalue weighted by Gasteiger charge is 2.02. The van der Waals surface area contributed by atoms with E-state index in [9.17, 15) is 0 Å². The van der Waals surface area contributed by atoms with Crippen LogP contribution in [0, 0.1) is 17.8 Å². The fourth-order valence-electron chi connectivity index (χ4n) is 1.49. The fraction of sp³-hybridized carbons (Fsp3) is 1.00. The van der Waals surface area contributed by atoms with Crippen LogP contribution in [0.3, 0.4) is 0 Å². The number of ether oxygens (including phenoxy) is 2. The second-order valence-electron chi connectivity index (χ2n) is 4.93. The Morgan fingerprint density at radius 2 is 1.31 bits per heavy atom. The molecule has 2 unspecified atom stereocenters. The number of aliphatic hydroxyl groups excluding tert-OH is 1. The molecule has 0 aliphatic heterocycles. The molecule has 0 saturated heterocycles. The minimum atomic E-state index is 0.216. The van der Waals surface area contributed by atoms with E-state index in [1.165, 1.54) is 6.42 Å². The van der Waals surface area contributed by atoms with E-state index in [-0.39, 0.29) is 12.5 Å². The van der Waals surface area contributed by atoms with Crippen LogP contribution in [0.25, 0.3) is 0 Å². The topological polar surface area (TPSA) is 38.7 Å². The summed E-state index contributed by atoms with van der Waals surface area (Å²) >= 11 is 0. The van der Waals surface area contributed by atoms with Crippen LogP contribution in [0.2, 0.25) is 0 Å². The first-order valence-corrected chi connectivity index (χ1v) is 6.06. The average molecular weight is 234 g/mol. The largest absolute Gasteiger partial charge is 0.396 e. The number of hydrogen-bond donors (Lipinski definition) is 1. The van der Waals surface area contributed by atoms with Crippen LogP contribution < -0.4 is 0 Å². The molecule has 0 amide bonds. The van der Waals surface area contributed by atoms with Crippen molar-refractivity contribution in [3.63, 3.8) is 0 Å². The van der Waals surface area contributed by atoms with Gasteiger partial charge in [0.25, 0.3) is 0 Å². The molecular weight excluding hydrogens is 204 g/mol. The van der Waals surface area contributed by atoms with Gasteiger partial charge >= 0.3 is 0 Å². The Kier molecular flexibility index (Phi) is 14.8. The second-order valence-corrected chi connectivity index (χ2v) is 4.93. The maximum atomic E-state index is 8.39. The molecule has 0 rings (SSSR count). The Hall–Kier alpha value is -0.120. The lowest BCUT2D eigenvalue weighted by atomic mass is 10.00. The van der Waals surface area contributed by atoms with Gasteiger partial charge in [-0.1, -0.05) is 27.7 Å². The minimum Gasteiger partial charge on any atom is -0.396 e. The summed E-state index contributed by atoms with van der Waals surface area (Å²) in [6, 6.07) is 0. The lowest BCUT2D eigenvalue weighted by Gasteiger charge is -2.11. The summed E-state index contributed by atoms with van der Waals surface area (Å²) in [5.41, 5.74) is 0. The van der Waals surface area contributed by atoms with Gasteiger partial charge in [-0.25, -0.2) is 0 Å². The van der Waals surface area contributed by atoms with E-state index in [4.69, 9.17) is 14.6 Å². The van der Waals surface area contributed by atoms with Gasteiger partial charge in [0.1, 0.15) is 0 Å². The Bertz CT molecular complexity index is 126.